The van der Waals surface area contributed by atoms with Gasteiger partial charge in [0.25, 0.3) is 0 Å². The number of carbonyl (C=O) groups is 1. The number of rotatable bonds is 5. The molecule has 0 fully saturated rings. The molecule has 0 radical (unpaired) electrons. The van der Waals surface area contributed by atoms with E-state index in [1.54, 1.807) is 24.3 Å². The first-order valence-corrected chi connectivity index (χ1v) is 10.6. The molecule has 1 N–H and O–H groups in total. The Morgan fingerprint density at radius 1 is 0.929 bits per heavy atom. The molecule has 2 aromatic carbocycles. The first-order chi connectivity index (χ1) is 13.2. The van der Waals surface area contributed by atoms with E-state index in [0.717, 1.165) is 20.5 Å². The Hall–Kier alpha value is -2.80. The molecule has 0 atom stereocenters. The molecule has 0 spiro atoms. The van der Waals surface area contributed by atoms with Crippen molar-refractivity contribution in [3.63, 3.8) is 0 Å². The number of ether oxygens (including phenoxy) is 1. The first-order valence-electron chi connectivity index (χ1n) is 9.14. The summed E-state index contributed by atoms with van der Waals surface area (Å²) in [7, 11) is -4.14. The standard InChI is InChI=1S/C21H24N2O4S/c1-14(2)17-9-7-10-18(15(3)4)20(17)27-21(24)22-28(25,26)23-13-12-16-8-5-6-11-19(16)23/h5-15H,1-4H3,(H,22,24). The van der Waals surface area contributed by atoms with Crippen LogP contribution in [0.15, 0.2) is 54.7 Å². The highest BCUT2D eigenvalue weighted by molar-refractivity contribution is 7.88. The fourth-order valence-electron chi connectivity index (χ4n) is 3.14. The second-order valence-corrected chi connectivity index (χ2v) is 8.79. The Kier molecular flexibility index (Phi) is 5.47. The minimum atomic E-state index is -4.14. The molecular weight excluding hydrogens is 376 g/mol. The van der Waals surface area contributed by atoms with Crippen LogP contribution in [0.25, 0.3) is 10.9 Å². The summed E-state index contributed by atoms with van der Waals surface area (Å²) in [4.78, 5) is 12.5. The highest BCUT2D eigenvalue weighted by Gasteiger charge is 2.23. The van der Waals surface area contributed by atoms with Gasteiger partial charge < -0.3 is 4.74 Å². The van der Waals surface area contributed by atoms with Crippen LogP contribution >= 0.6 is 0 Å². The van der Waals surface area contributed by atoms with Crippen molar-refractivity contribution in [1.29, 1.82) is 0 Å². The van der Waals surface area contributed by atoms with Gasteiger partial charge in [-0.05, 0) is 35.1 Å². The van der Waals surface area contributed by atoms with Gasteiger partial charge in [-0.1, -0.05) is 64.1 Å². The molecule has 0 saturated carbocycles. The number of hydrogen-bond donors (Lipinski definition) is 1. The predicted octanol–water partition coefficient (Wildman–Crippen LogP) is 4.77. The number of para-hydroxylation sites is 2. The van der Waals surface area contributed by atoms with E-state index in [4.69, 9.17) is 4.74 Å². The van der Waals surface area contributed by atoms with Crippen molar-refractivity contribution in [2.45, 2.75) is 39.5 Å². The molecule has 0 saturated heterocycles. The summed E-state index contributed by atoms with van der Waals surface area (Å²) in [5.41, 5.74) is 2.18. The zero-order valence-corrected chi connectivity index (χ0v) is 17.2. The van der Waals surface area contributed by atoms with E-state index in [0.29, 0.717) is 11.3 Å². The summed E-state index contributed by atoms with van der Waals surface area (Å²) in [6.45, 7) is 7.97. The Labute approximate surface area is 165 Å². The van der Waals surface area contributed by atoms with Crippen LogP contribution in [0.2, 0.25) is 0 Å². The fraction of sp³-hybridized carbons (Fsp3) is 0.286. The second-order valence-electron chi connectivity index (χ2n) is 7.24. The lowest BCUT2D eigenvalue weighted by atomic mass is 9.94. The molecule has 3 rings (SSSR count). The van der Waals surface area contributed by atoms with Gasteiger partial charge in [0.05, 0.1) is 5.52 Å². The average molecular weight is 401 g/mol. The molecule has 1 amide bonds. The molecule has 0 aliphatic heterocycles. The highest BCUT2D eigenvalue weighted by atomic mass is 32.2. The second kappa shape index (κ2) is 7.67. The molecule has 1 aromatic heterocycles. The largest absolute Gasteiger partial charge is 0.427 e. The summed E-state index contributed by atoms with van der Waals surface area (Å²) in [5, 5.41) is 0.758. The molecule has 148 valence electrons. The van der Waals surface area contributed by atoms with Gasteiger partial charge in [-0.15, -0.1) is 0 Å². The zero-order chi connectivity index (χ0) is 20.5. The van der Waals surface area contributed by atoms with E-state index in [-0.39, 0.29) is 11.8 Å². The lowest BCUT2D eigenvalue weighted by Crippen LogP contribution is -2.37. The minimum absolute atomic E-state index is 0.117. The van der Waals surface area contributed by atoms with Gasteiger partial charge in [-0.25, -0.2) is 8.77 Å². The molecule has 7 heteroatoms. The van der Waals surface area contributed by atoms with Crippen molar-refractivity contribution in [3.8, 4) is 5.75 Å². The van der Waals surface area contributed by atoms with Crippen LogP contribution in [0, 0.1) is 0 Å². The SMILES string of the molecule is CC(C)c1cccc(C(C)C)c1OC(=O)NS(=O)(=O)n1ccc2ccccc21. The molecule has 6 nitrogen and oxygen atoms in total. The number of fused-ring (bicyclic) bond motifs is 1. The molecule has 0 unspecified atom stereocenters. The molecule has 1 heterocycles. The maximum absolute atomic E-state index is 12.7. The van der Waals surface area contributed by atoms with Gasteiger partial charge >= 0.3 is 16.3 Å². The highest BCUT2D eigenvalue weighted by Crippen LogP contribution is 2.34. The van der Waals surface area contributed by atoms with Crippen LogP contribution in [0.5, 0.6) is 5.75 Å². The third-order valence-electron chi connectivity index (χ3n) is 4.55. The molecule has 28 heavy (non-hydrogen) atoms. The number of hydrogen-bond acceptors (Lipinski definition) is 4. The number of benzene rings is 2. The first kappa shape index (κ1) is 19.9. The molecule has 0 aliphatic carbocycles. The van der Waals surface area contributed by atoms with Crippen molar-refractivity contribution in [2.24, 2.45) is 0 Å². The molecule has 0 bridgehead atoms. The van der Waals surface area contributed by atoms with Crippen LogP contribution in [-0.2, 0) is 10.2 Å². The van der Waals surface area contributed by atoms with E-state index in [2.05, 4.69) is 0 Å². The maximum Gasteiger partial charge on any atom is 0.427 e. The summed E-state index contributed by atoms with van der Waals surface area (Å²) in [6.07, 6.45) is 0.370. The lowest BCUT2D eigenvalue weighted by molar-refractivity contribution is 0.205. The van der Waals surface area contributed by atoms with Crippen LogP contribution in [0.1, 0.15) is 50.7 Å². The summed E-state index contributed by atoms with van der Waals surface area (Å²) in [6, 6.07) is 14.4. The summed E-state index contributed by atoms with van der Waals surface area (Å²) >= 11 is 0. The molecular formula is C21H24N2O4S. The third kappa shape index (κ3) is 3.89. The van der Waals surface area contributed by atoms with Crippen LogP contribution < -0.4 is 9.46 Å². The van der Waals surface area contributed by atoms with Crippen molar-refractivity contribution < 1.29 is 17.9 Å². The number of aromatic nitrogens is 1. The minimum Gasteiger partial charge on any atom is -0.409 e. The van der Waals surface area contributed by atoms with Crippen LogP contribution in [0.3, 0.4) is 0 Å². The van der Waals surface area contributed by atoms with Gasteiger partial charge in [-0.2, -0.15) is 13.1 Å². The summed E-state index contributed by atoms with van der Waals surface area (Å²) in [5.74, 6) is 0.649. The fourth-order valence-corrected chi connectivity index (χ4v) is 4.13. The van der Waals surface area contributed by atoms with Gasteiger partial charge in [-0.3, -0.25) is 0 Å². The van der Waals surface area contributed by atoms with Crippen molar-refractivity contribution in [1.82, 2.24) is 8.69 Å². The van der Waals surface area contributed by atoms with Crippen LogP contribution in [0.4, 0.5) is 4.79 Å². The van der Waals surface area contributed by atoms with Crippen molar-refractivity contribution >= 4 is 27.2 Å². The van der Waals surface area contributed by atoms with Crippen molar-refractivity contribution in [2.75, 3.05) is 0 Å². The number of carbonyl (C=O) groups excluding carboxylic acids is 1. The van der Waals surface area contributed by atoms with E-state index in [9.17, 15) is 13.2 Å². The topological polar surface area (TPSA) is 77.4 Å². The van der Waals surface area contributed by atoms with E-state index < -0.39 is 16.3 Å². The maximum atomic E-state index is 12.7. The van der Waals surface area contributed by atoms with Gasteiger partial charge in [0, 0.05) is 11.6 Å². The Morgan fingerprint density at radius 3 is 2.14 bits per heavy atom. The summed E-state index contributed by atoms with van der Waals surface area (Å²) < 4.78 is 33.9. The Morgan fingerprint density at radius 2 is 1.54 bits per heavy atom. The quantitative estimate of drug-likeness (QED) is 0.669. The number of nitrogens with one attached hydrogen (secondary N) is 1. The normalized spacial score (nSPS) is 11.9. The van der Waals surface area contributed by atoms with E-state index in [1.807, 2.05) is 56.7 Å². The number of amides is 1. The predicted molar refractivity (Wildman–Crippen MR) is 110 cm³/mol. The van der Waals surface area contributed by atoms with Crippen LogP contribution in [-0.4, -0.2) is 18.5 Å². The molecule has 3 aromatic rings. The zero-order valence-electron chi connectivity index (χ0n) is 16.3. The van der Waals surface area contributed by atoms with Gasteiger partial charge in [0.2, 0.25) is 0 Å². The van der Waals surface area contributed by atoms with Crippen molar-refractivity contribution in [3.05, 3.63) is 65.9 Å². The number of nitrogens with zero attached hydrogens (tertiary/aromatic N) is 1. The average Bonchev–Trinajstić information content (AvgIpc) is 3.06. The molecule has 0 aliphatic rings. The Balaban J connectivity index is 1.90. The Bertz CT molecular complexity index is 1090. The smallest absolute Gasteiger partial charge is 0.409 e. The van der Waals surface area contributed by atoms with Gasteiger partial charge in [0.1, 0.15) is 5.75 Å². The monoisotopic (exact) mass is 400 g/mol. The van der Waals surface area contributed by atoms with Gasteiger partial charge in [0.15, 0.2) is 0 Å². The lowest BCUT2D eigenvalue weighted by Gasteiger charge is -2.19. The third-order valence-corrected chi connectivity index (χ3v) is 5.81. The van der Waals surface area contributed by atoms with E-state index in [1.165, 1.54) is 6.20 Å². The van der Waals surface area contributed by atoms with E-state index >= 15 is 0 Å².